The number of nitrogens with zero attached hydrogens (tertiary/aromatic N) is 4. The molecule has 1 atom stereocenters. The van der Waals surface area contributed by atoms with E-state index >= 15 is 0 Å². The molecule has 4 rings (SSSR count). The summed E-state index contributed by atoms with van der Waals surface area (Å²) in [4.78, 5) is 14.3. The van der Waals surface area contributed by atoms with Crippen LogP contribution in [0, 0.1) is 0 Å². The summed E-state index contributed by atoms with van der Waals surface area (Å²) in [6.07, 6.45) is 0. The van der Waals surface area contributed by atoms with Gasteiger partial charge in [-0.2, -0.15) is 4.98 Å². The molecule has 1 aliphatic rings. The number of nitrogens with one attached hydrogen (secondary N) is 1. The lowest BCUT2D eigenvalue weighted by Gasteiger charge is -2.32. The van der Waals surface area contributed by atoms with Crippen molar-refractivity contribution in [3.05, 3.63) is 60.2 Å². The van der Waals surface area contributed by atoms with Gasteiger partial charge in [0.25, 0.3) is 0 Å². The summed E-state index contributed by atoms with van der Waals surface area (Å²) < 4.78 is 0. The molecule has 1 aliphatic heterocycles. The summed E-state index contributed by atoms with van der Waals surface area (Å²) >= 11 is 0. The Hall–Kier alpha value is -2.66. The highest BCUT2D eigenvalue weighted by Crippen LogP contribution is 2.27. The zero-order chi connectivity index (χ0) is 17.9. The van der Waals surface area contributed by atoms with E-state index in [1.165, 1.54) is 5.56 Å². The van der Waals surface area contributed by atoms with E-state index in [4.69, 9.17) is 9.97 Å². The summed E-state index contributed by atoms with van der Waals surface area (Å²) in [5, 5.41) is 4.66. The van der Waals surface area contributed by atoms with Crippen LogP contribution in [-0.4, -0.2) is 48.1 Å². The highest BCUT2D eigenvalue weighted by molar-refractivity contribution is 5.90. The van der Waals surface area contributed by atoms with Gasteiger partial charge < -0.3 is 15.1 Å². The third-order valence-corrected chi connectivity index (χ3v) is 5.03. The first-order valence-corrected chi connectivity index (χ1v) is 9.22. The van der Waals surface area contributed by atoms with Gasteiger partial charge in [0.05, 0.1) is 5.52 Å². The molecule has 1 fully saturated rings. The Morgan fingerprint density at radius 2 is 1.58 bits per heavy atom. The van der Waals surface area contributed by atoms with Crippen LogP contribution in [0.1, 0.15) is 18.5 Å². The third-order valence-electron chi connectivity index (χ3n) is 5.03. The van der Waals surface area contributed by atoms with E-state index < -0.39 is 0 Å². The third kappa shape index (κ3) is 3.48. The number of likely N-dealkylation sites (N-methyl/N-ethyl adjacent to an activating group) is 1. The van der Waals surface area contributed by atoms with Crippen molar-refractivity contribution in [2.75, 3.05) is 43.4 Å². The molecule has 26 heavy (non-hydrogen) atoms. The molecule has 1 aromatic heterocycles. The molecule has 0 radical (unpaired) electrons. The first kappa shape index (κ1) is 16.8. The summed E-state index contributed by atoms with van der Waals surface area (Å²) in [6.45, 7) is 6.17. The topological polar surface area (TPSA) is 44.3 Å². The van der Waals surface area contributed by atoms with Gasteiger partial charge in [0.15, 0.2) is 0 Å². The van der Waals surface area contributed by atoms with Crippen molar-refractivity contribution in [1.29, 1.82) is 0 Å². The van der Waals surface area contributed by atoms with Crippen LogP contribution in [0.2, 0.25) is 0 Å². The van der Waals surface area contributed by atoms with Gasteiger partial charge in [0, 0.05) is 37.6 Å². The number of hydrogen-bond donors (Lipinski definition) is 1. The predicted molar refractivity (Wildman–Crippen MR) is 108 cm³/mol. The van der Waals surface area contributed by atoms with Crippen LogP contribution >= 0.6 is 0 Å². The van der Waals surface area contributed by atoms with Crippen molar-refractivity contribution in [1.82, 2.24) is 14.9 Å². The molecule has 1 unspecified atom stereocenters. The molecule has 2 heterocycles. The molecule has 5 heteroatoms. The number of piperazine rings is 1. The molecular formula is C21H25N5. The monoisotopic (exact) mass is 347 g/mol. The zero-order valence-corrected chi connectivity index (χ0v) is 15.4. The number of hydrogen-bond acceptors (Lipinski definition) is 5. The Balaban J connectivity index is 1.68. The van der Waals surface area contributed by atoms with E-state index in [9.17, 15) is 0 Å². The lowest BCUT2D eigenvalue weighted by molar-refractivity contribution is 0.311. The highest BCUT2D eigenvalue weighted by atomic mass is 15.3. The molecule has 0 amide bonds. The Labute approximate surface area is 154 Å². The molecule has 1 saturated heterocycles. The van der Waals surface area contributed by atoms with Gasteiger partial charge in [0.1, 0.15) is 5.82 Å². The quantitative estimate of drug-likeness (QED) is 0.782. The molecular weight excluding hydrogens is 322 g/mol. The zero-order valence-electron chi connectivity index (χ0n) is 15.4. The smallest absolute Gasteiger partial charge is 0.227 e. The molecule has 134 valence electrons. The van der Waals surface area contributed by atoms with E-state index in [1.54, 1.807) is 0 Å². The lowest BCUT2D eigenvalue weighted by atomic mass is 10.1. The minimum atomic E-state index is 0.176. The number of rotatable bonds is 4. The van der Waals surface area contributed by atoms with Crippen LogP contribution in [0.3, 0.4) is 0 Å². The van der Waals surface area contributed by atoms with E-state index in [2.05, 4.69) is 65.5 Å². The van der Waals surface area contributed by atoms with E-state index in [1.807, 2.05) is 18.2 Å². The molecule has 1 N–H and O–H groups in total. The molecule has 0 spiro atoms. The second kappa shape index (κ2) is 7.30. The average Bonchev–Trinajstić information content (AvgIpc) is 2.69. The second-order valence-electron chi connectivity index (χ2n) is 6.96. The maximum absolute atomic E-state index is 4.90. The molecule has 0 bridgehead atoms. The minimum absolute atomic E-state index is 0.176. The fourth-order valence-electron chi connectivity index (χ4n) is 3.35. The first-order valence-electron chi connectivity index (χ1n) is 9.22. The molecule has 2 aromatic carbocycles. The van der Waals surface area contributed by atoms with Crippen LogP contribution in [0.15, 0.2) is 54.6 Å². The number of para-hydroxylation sites is 1. The van der Waals surface area contributed by atoms with Gasteiger partial charge in [-0.1, -0.05) is 42.5 Å². The maximum Gasteiger partial charge on any atom is 0.227 e. The standard InChI is InChI=1S/C21H25N5/c1-16(17-8-4-3-5-9-17)22-20-18-10-6-7-11-19(18)23-21(24-20)26-14-12-25(2)13-15-26/h3-11,16H,12-15H2,1-2H3,(H,22,23,24). The largest absolute Gasteiger partial charge is 0.363 e. The van der Waals surface area contributed by atoms with Gasteiger partial charge in [-0.25, -0.2) is 4.98 Å². The van der Waals surface area contributed by atoms with E-state index in [-0.39, 0.29) is 6.04 Å². The van der Waals surface area contributed by atoms with Gasteiger partial charge >= 0.3 is 0 Å². The summed E-state index contributed by atoms with van der Waals surface area (Å²) in [5.41, 5.74) is 2.23. The van der Waals surface area contributed by atoms with Gasteiger partial charge in [-0.05, 0) is 31.7 Å². The van der Waals surface area contributed by atoms with E-state index in [0.717, 1.165) is 48.8 Å². The maximum atomic E-state index is 4.90. The Morgan fingerprint density at radius 1 is 0.885 bits per heavy atom. The van der Waals surface area contributed by atoms with Crippen LogP contribution in [0.5, 0.6) is 0 Å². The van der Waals surface area contributed by atoms with Crippen LogP contribution in [0.25, 0.3) is 10.9 Å². The van der Waals surface area contributed by atoms with Crippen molar-refractivity contribution in [2.24, 2.45) is 0 Å². The minimum Gasteiger partial charge on any atom is -0.363 e. The fraction of sp³-hybridized carbons (Fsp3) is 0.333. The second-order valence-corrected chi connectivity index (χ2v) is 6.96. The Bertz CT molecular complexity index is 872. The Kier molecular flexibility index (Phi) is 4.71. The SMILES string of the molecule is CC(Nc1nc(N2CCN(C)CC2)nc2ccccc12)c1ccccc1. The lowest BCUT2D eigenvalue weighted by Crippen LogP contribution is -2.45. The van der Waals surface area contributed by atoms with Crippen LogP contribution in [-0.2, 0) is 0 Å². The van der Waals surface area contributed by atoms with Crippen LogP contribution in [0.4, 0.5) is 11.8 Å². The number of benzene rings is 2. The fourth-order valence-corrected chi connectivity index (χ4v) is 3.35. The number of anilines is 2. The normalized spacial score (nSPS) is 16.6. The van der Waals surface area contributed by atoms with Crippen molar-refractivity contribution < 1.29 is 0 Å². The molecule has 0 aliphatic carbocycles. The van der Waals surface area contributed by atoms with Crippen molar-refractivity contribution in [3.8, 4) is 0 Å². The Morgan fingerprint density at radius 3 is 2.35 bits per heavy atom. The van der Waals surface area contributed by atoms with Crippen molar-refractivity contribution in [3.63, 3.8) is 0 Å². The van der Waals surface area contributed by atoms with E-state index in [0.29, 0.717) is 0 Å². The van der Waals surface area contributed by atoms with Crippen LogP contribution < -0.4 is 10.2 Å². The summed E-state index contributed by atoms with van der Waals surface area (Å²) in [5.74, 6) is 1.72. The highest BCUT2D eigenvalue weighted by Gasteiger charge is 2.19. The predicted octanol–water partition coefficient (Wildman–Crippen LogP) is 3.55. The van der Waals surface area contributed by atoms with Gasteiger partial charge in [-0.15, -0.1) is 0 Å². The van der Waals surface area contributed by atoms with Gasteiger partial charge in [0.2, 0.25) is 5.95 Å². The molecule has 0 saturated carbocycles. The molecule has 3 aromatic rings. The molecule has 5 nitrogen and oxygen atoms in total. The van der Waals surface area contributed by atoms with Crippen molar-refractivity contribution >= 4 is 22.7 Å². The average molecular weight is 347 g/mol. The summed E-state index contributed by atoms with van der Waals surface area (Å²) in [6, 6.07) is 18.9. The summed E-state index contributed by atoms with van der Waals surface area (Å²) in [7, 11) is 2.16. The first-order chi connectivity index (χ1) is 12.7. The van der Waals surface area contributed by atoms with Gasteiger partial charge in [-0.3, -0.25) is 0 Å². The van der Waals surface area contributed by atoms with Crippen molar-refractivity contribution in [2.45, 2.75) is 13.0 Å². The number of fused-ring (bicyclic) bond motifs is 1. The number of aromatic nitrogens is 2.